The monoisotopic (exact) mass is 555 g/mol. The zero-order valence-corrected chi connectivity index (χ0v) is 22.1. The second kappa shape index (κ2) is 12.4. The number of rotatable bonds is 10. The fraction of sp³-hybridized carbons (Fsp3) is 0.286. The number of benzene rings is 3. The van der Waals surface area contributed by atoms with Gasteiger partial charge >= 0.3 is 0 Å². The number of halogens is 3. The normalized spacial score (nSPS) is 13.8. The lowest BCUT2D eigenvalue weighted by Gasteiger charge is -2.26. The third-order valence-corrected chi connectivity index (χ3v) is 6.67. The number of hydrogen-bond donors (Lipinski definition) is 1. The molecule has 204 valence electrons. The largest absolute Gasteiger partial charge is 0.493 e. The molecule has 3 aromatic carbocycles. The van der Waals surface area contributed by atoms with Crippen LogP contribution < -0.4 is 19.9 Å². The molecule has 8 nitrogen and oxygen atoms in total. The Hall–Kier alpha value is -3.73. The fourth-order valence-electron chi connectivity index (χ4n) is 4.37. The molecule has 1 aliphatic heterocycles. The topological polar surface area (TPSA) is 72.0 Å². The molecular formula is C28H28ClF2N5O3. The van der Waals surface area contributed by atoms with Gasteiger partial charge in [-0.3, -0.25) is 4.90 Å². The Balaban J connectivity index is 1.40. The minimum Gasteiger partial charge on any atom is -0.493 e. The first-order valence-electron chi connectivity index (χ1n) is 12.6. The highest BCUT2D eigenvalue weighted by Crippen LogP contribution is 2.39. The molecule has 11 heteroatoms. The maximum atomic E-state index is 16.1. The number of anilines is 4. The van der Waals surface area contributed by atoms with Gasteiger partial charge in [0.25, 0.3) is 0 Å². The van der Waals surface area contributed by atoms with Gasteiger partial charge < -0.3 is 19.5 Å². The first-order chi connectivity index (χ1) is 19.0. The van der Waals surface area contributed by atoms with Gasteiger partial charge in [0.15, 0.2) is 17.3 Å². The van der Waals surface area contributed by atoms with Crippen molar-refractivity contribution in [1.29, 1.82) is 0 Å². The number of hydrogen-bond acceptors (Lipinski definition) is 8. The summed E-state index contributed by atoms with van der Waals surface area (Å²) in [5.41, 5.74) is 1.63. The summed E-state index contributed by atoms with van der Waals surface area (Å²) in [5, 5.41) is 3.98. The molecule has 0 amide bonds. The Kier molecular flexibility index (Phi) is 8.55. The molecule has 0 aliphatic carbocycles. The van der Waals surface area contributed by atoms with E-state index in [4.69, 9.17) is 25.8 Å². The van der Waals surface area contributed by atoms with Crippen LogP contribution in [0.4, 0.5) is 31.8 Å². The van der Waals surface area contributed by atoms with Crippen LogP contribution in [0.2, 0.25) is 5.02 Å². The van der Waals surface area contributed by atoms with E-state index in [0.717, 1.165) is 39.3 Å². The minimum absolute atomic E-state index is 0.0345. The van der Waals surface area contributed by atoms with Crippen molar-refractivity contribution >= 4 is 45.4 Å². The SMILES string of the molecule is COc1cc2ncnc(N(F)c3ccccc3Nc3ccc(F)c(Cl)c3)c2cc1OCCCN1CCOCC1. The van der Waals surface area contributed by atoms with E-state index in [0.29, 0.717) is 45.5 Å². The van der Waals surface area contributed by atoms with Crippen LogP contribution in [0, 0.1) is 5.82 Å². The zero-order chi connectivity index (χ0) is 27.2. The quantitative estimate of drug-likeness (QED) is 0.181. The molecule has 0 unspecified atom stereocenters. The summed E-state index contributed by atoms with van der Waals surface area (Å²) in [4.78, 5) is 10.9. The number of aromatic nitrogens is 2. The molecule has 4 aromatic rings. The molecule has 2 heterocycles. The van der Waals surface area contributed by atoms with Crippen LogP contribution in [0.25, 0.3) is 10.9 Å². The van der Waals surface area contributed by atoms with Crippen molar-refractivity contribution in [1.82, 2.24) is 14.9 Å². The standard InChI is InChI=1S/C28H28ClF2N5O3/c1-37-26-17-24-20(16-27(26)39-12-4-9-35-10-13-38-14-11-35)28(33-18-32-24)36(31)25-6-3-2-5-23(25)34-19-7-8-22(30)21(29)15-19/h2-3,5-8,15-18,34H,4,9-14H2,1H3. The van der Waals surface area contributed by atoms with Crippen LogP contribution in [0.5, 0.6) is 11.5 Å². The van der Waals surface area contributed by atoms with Crippen molar-refractivity contribution in [3.63, 3.8) is 0 Å². The van der Waals surface area contributed by atoms with Crippen LogP contribution in [0.1, 0.15) is 6.42 Å². The lowest BCUT2D eigenvalue weighted by Crippen LogP contribution is -2.37. The molecule has 0 saturated carbocycles. The fourth-order valence-corrected chi connectivity index (χ4v) is 4.55. The number of para-hydroxylation sites is 2. The van der Waals surface area contributed by atoms with E-state index >= 15 is 4.48 Å². The summed E-state index contributed by atoms with van der Waals surface area (Å²) in [5.74, 6) is 0.472. The number of nitrogens with one attached hydrogen (secondary N) is 1. The average Bonchev–Trinajstić information content (AvgIpc) is 2.97. The first-order valence-corrected chi connectivity index (χ1v) is 12.9. The summed E-state index contributed by atoms with van der Waals surface area (Å²) in [6.45, 7) is 4.69. The van der Waals surface area contributed by atoms with E-state index in [1.54, 1.807) is 43.5 Å². The molecule has 5 rings (SSSR count). The average molecular weight is 556 g/mol. The zero-order valence-electron chi connectivity index (χ0n) is 21.4. The highest BCUT2D eigenvalue weighted by Gasteiger charge is 2.20. The summed E-state index contributed by atoms with van der Waals surface area (Å²) >= 11 is 5.92. The Morgan fingerprint density at radius 3 is 2.69 bits per heavy atom. The molecule has 1 saturated heterocycles. The highest BCUT2D eigenvalue weighted by molar-refractivity contribution is 6.31. The van der Waals surface area contributed by atoms with Crippen molar-refractivity contribution < 1.29 is 23.1 Å². The van der Waals surface area contributed by atoms with Crippen LogP contribution in [-0.2, 0) is 4.74 Å². The van der Waals surface area contributed by atoms with Crippen molar-refractivity contribution in [3.8, 4) is 11.5 Å². The Morgan fingerprint density at radius 1 is 1.08 bits per heavy atom. The van der Waals surface area contributed by atoms with Crippen LogP contribution >= 0.6 is 11.6 Å². The first kappa shape index (κ1) is 26.9. The molecule has 1 N–H and O–H groups in total. The number of fused-ring (bicyclic) bond motifs is 1. The van der Waals surface area contributed by atoms with Crippen LogP contribution in [-0.4, -0.2) is 61.4 Å². The second-order valence-corrected chi connectivity index (χ2v) is 9.33. The minimum atomic E-state index is -0.537. The molecular weight excluding hydrogens is 528 g/mol. The van der Waals surface area contributed by atoms with Gasteiger partial charge in [0.05, 0.1) is 48.8 Å². The van der Waals surface area contributed by atoms with Gasteiger partial charge in [-0.05, 0) is 42.8 Å². The maximum absolute atomic E-state index is 16.1. The van der Waals surface area contributed by atoms with E-state index in [1.165, 1.54) is 24.5 Å². The number of morpholine rings is 1. The third-order valence-electron chi connectivity index (χ3n) is 6.38. The number of methoxy groups -OCH3 is 1. The van der Waals surface area contributed by atoms with Gasteiger partial charge in [0.2, 0.25) is 0 Å². The van der Waals surface area contributed by atoms with Gasteiger partial charge in [-0.1, -0.05) is 28.2 Å². The van der Waals surface area contributed by atoms with Gasteiger partial charge in [-0.25, -0.2) is 14.4 Å². The summed E-state index contributed by atoms with van der Waals surface area (Å²) in [7, 11) is 1.55. The van der Waals surface area contributed by atoms with E-state index in [1.807, 2.05) is 0 Å². The van der Waals surface area contributed by atoms with Crippen molar-refractivity contribution in [2.45, 2.75) is 6.42 Å². The number of ether oxygens (including phenoxy) is 3. The van der Waals surface area contributed by atoms with Gasteiger partial charge in [0, 0.05) is 36.8 Å². The summed E-state index contributed by atoms with van der Waals surface area (Å²) in [6.07, 6.45) is 2.11. The van der Waals surface area contributed by atoms with E-state index in [2.05, 4.69) is 20.2 Å². The molecule has 0 radical (unpaired) electrons. The predicted molar refractivity (Wildman–Crippen MR) is 148 cm³/mol. The predicted octanol–water partition coefficient (Wildman–Crippen LogP) is 6.30. The van der Waals surface area contributed by atoms with E-state index in [-0.39, 0.29) is 16.5 Å². The molecule has 1 aliphatic rings. The van der Waals surface area contributed by atoms with Crippen LogP contribution in [0.3, 0.4) is 0 Å². The summed E-state index contributed by atoms with van der Waals surface area (Å²) in [6, 6.07) is 14.4. The third kappa shape index (κ3) is 6.30. The summed E-state index contributed by atoms with van der Waals surface area (Å²) < 4.78 is 46.7. The number of nitrogens with zero attached hydrogens (tertiary/aromatic N) is 4. The molecule has 1 aromatic heterocycles. The van der Waals surface area contributed by atoms with Gasteiger partial charge in [0.1, 0.15) is 12.1 Å². The Morgan fingerprint density at radius 2 is 1.90 bits per heavy atom. The van der Waals surface area contributed by atoms with E-state index < -0.39 is 5.82 Å². The maximum Gasteiger partial charge on any atom is 0.174 e. The smallest absolute Gasteiger partial charge is 0.174 e. The molecule has 0 atom stereocenters. The lowest BCUT2D eigenvalue weighted by atomic mass is 10.2. The molecule has 39 heavy (non-hydrogen) atoms. The lowest BCUT2D eigenvalue weighted by molar-refractivity contribution is 0.0357. The van der Waals surface area contributed by atoms with Crippen molar-refractivity contribution in [2.75, 3.05) is 57.0 Å². The van der Waals surface area contributed by atoms with Crippen molar-refractivity contribution in [2.24, 2.45) is 0 Å². The molecule has 0 spiro atoms. The Bertz CT molecular complexity index is 1440. The van der Waals surface area contributed by atoms with Gasteiger partial charge in [-0.15, -0.1) is 0 Å². The highest BCUT2D eigenvalue weighted by atomic mass is 35.5. The van der Waals surface area contributed by atoms with Gasteiger partial charge in [-0.2, -0.15) is 5.12 Å². The second-order valence-electron chi connectivity index (χ2n) is 8.93. The van der Waals surface area contributed by atoms with Crippen LogP contribution in [0.15, 0.2) is 60.9 Å². The molecule has 0 bridgehead atoms. The van der Waals surface area contributed by atoms with E-state index in [9.17, 15) is 4.39 Å². The molecule has 1 fully saturated rings. The Labute approximate surface area is 230 Å². The van der Waals surface area contributed by atoms with Crippen molar-refractivity contribution in [3.05, 3.63) is 71.8 Å².